The molecular formula is C18H27ClN2. The maximum atomic E-state index is 5.96. The Morgan fingerprint density at radius 3 is 2.38 bits per heavy atom. The molecule has 21 heavy (non-hydrogen) atoms. The van der Waals surface area contributed by atoms with E-state index in [0.717, 1.165) is 6.04 Å². The molecular weight excluding hydrogens is 280 g/mol. The summed E-state index contributed by atoms with van der Waals surface area (Å²) in [7, 11) is 0. The van der Waals surface area contributed by atoms with E-state index in [-0.39, 0.29) is 0 Å². The van der Waals surface area contributed by atoms with Gasteiger partial charge in [0.2, 0.25) is 0 Å². The van der Waals surface area contributed by atoms with Gasteiger partial charge in [-0.25, -0.2) is 0 Å². The van der Waals surface area contributed by atoms with E-state index in [9.17, 15) is 0 Å². The van der Waals surface area contributed by atoms with E-state index >= 15 is 0 Å². The third-order valence-corrected chi connectivity index (χ3v) is 5.49. The van der Waals surface area contributed by atoms with Crippen LogP contribution in [0.15, 0.2) is 18.2 Å². The fourth-order valence-electron chi connectivity index (χ4n) is 3.80. The molecule has 3 rings (SSSR count). The summed E-state index contributed by atoms with van der Waals surface area (Å²) < 4.78 is 0. The summed E-state index contributed by atoms with van der Waals surface area (Å²) in [4.78, 5) is 5.29. The molecule has 0 spiro atoms. The van der Waals surface area contributed by atoms with Crippen LogP contribution in [0.5, 0.6) is 0 Å². The zero-order valence-corrected chi connectivity index (χ0v) is 13.9. The van der Waals surface area contributed by atoms with Crippen LogP contribution in [-0.2, 0) is 5.88 Å². The van der Waals surface area contributed by atoms with Gasteiger partial charge in [-0.1, -0.05) is 12.5 Å². The van der Waals surface area contributed by atoms with Crippen molar-refractivity contribution in [2.75, 3.05) is 31.1 Å². The predicted molar refractivity (Wildman–Crippen MR) is 91.4 cm³/mol. The zero-order valence-electron chi connectivity index (χ0n) is 13.2. The number of alkyl halides is 1. The van der Waals surface area contributed by atoms with Crippen molar-refractivity contribution >= 4 is 17.3 Å². The lowest BCUT2D eigenvalue weighted by atomic mass is 9.99. The second-order valence-corrected chi connectivity index (χ2v) is 6.83. The van der Waals surface area contributed by atoms with Crippen LogP contribution in [0, 0.1) is 6.92 Å². The first-order valence-corrected chi connectivity index (χ1v) is 8.96. The fraction of sp³-hybridized carbons (Fsp3) is 0.667. The number of nitrogens with zero attached hydrogens (tertiary/aromatic N) is 2. The summed E-state index contributed by atoms with van der Waals surface area (Å²) in [6.45, 7) is 7.21. The highest BCUT2D eigenvalue weighted by molar-refractivity contribution is 6.17. The standard InChI is InChI=1S/C18H27ClN2/c1-15-13-18(6-5-16(15)14-19)21-11-7-17(8-12-21)20-9-3-2-4-10-20/h5-6,13,17H,2-4,7-12,14H2,1H3. The van der Waals surface area contributed by atoms with Gasteiger partial charge in [0.25, 0.3) is 0 Å². The lowest BCUT2D eigenvalue weighted by Crippen LogP contribution is -2.46. The van der Waals surface area contributed by atoms with Crippen LogP contribution in [0.2, 0.25) is 0 Å². The molecule has 116 valence electrons. The Kier molecular flexibility index (Phi) is 5.07. The first-order chi connectivity index (χ1) is 10.3. The molecule has 2 fully saturated rings. The molecule has 2 nitrogen and oxygen atoms in total. The Bertz CT molecular complexity index is 460. The van der Waals surface area contributed by atoms with Crippen molar-refractivity contribution in [3.8, 4) is 0 Å². The molecule has 0 radical (unpaired) electrons. The van der Waals surface area contributed by atoms with E-state index in [4.69, 9.17) is 11.6 Å². The normalized spacial score (nSPS) is 21.7. The van der Waals surface area contributed by atoms with Crippen LogP contribution in [0.4, 0.5) is 5.69 Å². The topological polar surface area (TPSA) is 6.48 Å². The summed E-state index contributed by atoms with van der Waals surface area (Å²) in [6.07, 6.45) is 6.87. The Hall–Kier alpha value is -0.730. The summed E-state index contributed by atoms with van der Waals surface area (Å²) in [5, 5.41) is 0. The van der Waals surface area contributed by atoms with Crippen LogP contribution in [0.1, 0.15) is 43.2 Å². The van der Waals surface area contributed by atoms with E-state index in [1.807, 2.05) is 0 Å². The molecule has 0 bridgehead atoms. The highest BCUT2D eigenvalue weighted by atomic mass is 35.5. The molecule has 0 N–H and O–H groups in total. The van der Waals surface area contributed by atoms with Gasteiger partial charge >= 0.3 is 0 Å². The van der Waals surface area contributed by atoms with Crippen LogP contribution >= 0.6 is 11.6 Å². The Morgan fingerprint density at radius 2 is 1.76 bits per heavy atom. The van der Waals surface area contributed by atoms with Gasteiger partial charge in [0.05, 0.1) is 0 Å². The van der Waals surface area contributed by atoms with Gasteiger partial charge in [-0.15, -0.1) is 11.6 Å². The minimum Gasteiger partial charge on any atom is -0.371 e. The molecule has 0 saturated carbocycles. The number of hydrogen-bond donors (Lipinski definition) is 0. The van der Waals surface area contributed by atoms with Crippen molar-refractivity contribution in [1.29, 1.82) is 0 Å². The first-order valence-electron chi connectivity index (χ1n) is 8.42. The molecule has 2 aliphatic heterocycles. The Balaban J connectivity index is 1.58. The van der Waals surface area contributed by atoms with Crippen LogP contribution in [0.3, 0.4) is 0 Å². The lowest BCUT2D eigenvalue weighted by molar-refractivity contribution is 0.141. The number of aryl methyl sites for hydroxylation is 1. The maximum Gasteiger partial charge on any atom is 0.0476 e. The van der Waals surface area contributed by atoms with Crippen molar-refractivity contribution in [3.05, 3.63) is 29.3 Å². The summed E-state index contributed by atoms with van der Waals surface area (Å²) in [5.41, 5.74) is 3.95. The minimum atomic E-state index is 0.614. The average molecular weight is 307 g/mol. The summed E-state index contributed by atoms with van der Waals surface area (Å²) >= 11 is 5.96. The molecule has 1 aromatic rings. The number of halogens is 1. The largest absolute Gasteiger partial charge is 0.371 e. The van der Waals surface area contributed by atoms with Gasteiger partial charge in [-0.3, -0.25) is 0 Å². The number of hydrogen-bond acceptors (Lipinski definition) is 2. The molecule has 0 aromatic heterocycles. The third-order valence-electron chi connectivity index (χ3n) is 5.21. The van der Waals surface area contributed by atoms with Crippen molar-refractivity contribution in [2.24, 2.45) is 0 Å². The third kappa shape index (κ3) is 3.54. The van der Waals surface area contributed by atoms with Crippen LogP contribution in [-0.4, -0.2) is 37.1 Å². The Morgan fingerprint density at radius 1 is 1.05 bits per heavy atom. The number of likely N-dealkylation sites (tertiary alicyclic amines) is 1. The smallest absolute Gasteiger partial charge is 0.0476 e. The minimum absolute atomic E-state index is 0.614. The fourth-order valence-corrected chi connectivity index (χ4v) is 4.10. The van der Waals surface area contributed by atoms with E-state index in [0.29, 0.717) is 5.88 Å². The number of benzene rings is 1. The molecule has 0 atom stereocenters. The van der Waals surface area contributed by atoms with E-state index in [2.05, 4.69) is 34.9 Å². The van der Waals surface area contributed by atoms with Gasteiger partial charge in [0, 0.05) is 30.7 Å². The molecule has 0 aliphatic carbocycles. The van der Waals surface area contributed by atoms with Gasteiger partial charge in [-0.2, -0.15) is 0 Å². The van der Waals surface area contributed by atoms with Gasteiger partial charge in [-0.05, 0) is 69.0 Å². The average Bonchev–Trinajstić information content (AvgIpc) is 2.56. The number of rotatable bonds is 3. The molecule has 2 aliphatic rings. The number of anilines is 1. The molecule has 1 aromatic carbocycles. The van der Waals surface area contributed by atoms with E-state index < -0.39 is 0 Å². The zero-order chi connectivity index (χ0) is 14.7. The lowest BCUT2D eigenvalue weighted by Gasteiger charge is -2.41. The monoisotopic (exact) mass is 306 g/mol. The van der Waals surface area contributed by atoms with Crippen molar-refractivity contribution in [3.63, 3.8) is 0 Å². The SMILES string of the molecule is Cc1cc(N2CCC(N3CCCCC3)CC2)ccc1CCl. The quantitative estimate of drug-likeness (QED) is 0.773. The molecule has 0 amide bonds. The molecule has 0 unspecified atom stereocenters. The highest BCUT2D eigenvalue weighted by Crippen LogP contribution is 2.26. The van der Waals surface area contributed by atoms with E-state index in [1.165, 1.54) is 75.1 Å². The second kappa shape index (κ2) is 7.02. The predicted octanol–water partition coefficient (Wildman–Crippen LogP) is 4.19. The van der Waals surface area contributed by atoms with Crippen LogP contribution in [0.25, 0.3) is 0 Å². The highest BCUT2D eigenvalue weighted by Gasteiger charge is 2.25. The van der Waals surface area contributed by atoms with Crippen molar-refractivity contribution in [1.82, 2.24) is 4.90 Å². The van der Waals surface area contributed by atoms with Gasteiger partial charge in [0.15, 0.2) is 0 Å². The first kappa shape index (κ1) is 15.2. The van der Waals surface area contributed by atoms with Gasteiger partial charge < -0.3 is 9.80 Å². The summed E-state index contributed by atoms with van der Waals surface area (Å²) in [6, 6.07) is 7.56. The van der Waals surface area contributed by atoms with E-state index in [1.54, 1.807) is 0 Å². The van der Waals surface area contributed by atoms with Crippen molar-refractivity contribution in [2.45, 2.75) is 50.9 Å². The molecule has 3 heteroatoms. The summed E-state index contributed by atoms with van der Waals surface area (Å²) in [5.74, 6) is 0.614. The Labute approximate surface area is 134 Å². The van der Waals surface area contributed by atoms with Gasteiger partial charge in [0.1, 0.15) is 0 Å². The second-order valence-electron chi connectivity index (χ2n) is 6.56. The number of piperidine rings is 2. The van der Waals surface area contributed by atoms with Crippen LogP contribution < -0.4 is 4.90 Å². The van der Waals surface area contributed by atoms with Crippen molar-refractivity contribution < 1.29 is 0 Å². The molecule has 2 heterocycles. The maximum absolute atomic E-state index is 5.96. The molecule has 2 saturated heterocycles.